The summed E-state index contributed by atoms with van der Waals surface area (Å²) >= 11 is 1.47. The number of nitrogens with one attached hydrogen (secondary N) is 2. The van der Waals surface area contributed by atoms with Crippen molar-refractivity contribution in [2.45, 2.75) is 39.0 Å². The number of ketones is 1. The van der Waals surface area contributed by atoms with Crippen LogP contribution in [0.15, 0.2) is 30.3 Å². The van der Waals surface area contributed by atoms with E-state index in [9.17, 15) is 18.8 Å². The van der Waals surface area contributed by atoms with Gasteiger partial charge in [-0.2, -0.15) is 0 Å². The second-order valence-corrected chi connectivity index (χ2v) is 7.98. The van der Waals surface area contributed by atoms with Gasteiger partial charge in [-0.1, -0.05) is 6.92 Å². The summed E-state index contributed by atoms with van der Waals surface area (Å²) < 4.78 is 12.9. The molecular weight excluding hydrogens is 367 g/mol. The molecule has 5 nitrogen and oxygen atoms in total. The van der Waals surface area contributed by atoms with E-state index in [0.29, 0.717) is 16.4 Å². The van der Waals surface area contributed by atoms with Crippen molar-refractivity contribution in [1.29, 1.82) is 0 Å². The molecule has 142 valence electrons. The van der Waals surface area contributed by atoms with Crippen molar-refractivity contribution < 1.29 is 18.8 Å². The highest BCUT2D eigenvalue weighted by molar-refractivity contribution is 7.14. The molecule has 0 fully saturated rings. The van der Waals surface area contributed by atoms with Gasteiger partial charge in [-0.25, -0.2) is 4.39 Å². The Kier molecular flexibility index (Phi) is 6.01. The normalized spacial score (nSPS) is 15.7. The molecule has 3 rings (SSSR count). The molecule has 0 spiro atoms. The summed E-state index contributed by atoms with van der Waals surface area (Å²) in [6.07, 6.45) is 3.03. The molecule has 2 amide bonds. The predicted octanol–water partition coefficient (Wildman–Crippen LogP) is 3.44. The highest BCUT2D eigenvalue weighted by Gasteiger charge is 2.21. The Morgan fingerprint density at radius 3 is 2.63 bits per heavy atom. The van der Waals surface area contributed by atoms with Crippen LogP contribution in [0.3, 0.4) is 0 Å². The first-order valence-electron chi connectivity index (χ1n) is 8.92. The highest BCUT2D eigenvalue weighted by Crippen LogP contribution is 2.32. The smallest absolute Gasteiger partial charge is 0.279 e. The van der Waals surface area contributed by atoms with Crippen LogP contribution in [-0.4, -0.2) is 17.6 Å². The molecule has 1 atom stereocenters. The molecule has 2 aromatic rings. The summed E-state index contributed by atoms with van der Waals surface area (Å²) in [7, 11) is 0. The summed E-state index contributed by atoms with van der Waals surface area (Å²) in [6, 6.07) is 7.08. The van der Waals surface area contributed by atoms with Gasteiger partial charge >= 0.3 is 0 Å². The maximum atomic E-state index is 12.9. The van der Waals surface area contributed by atoms with E-state index in [2.05, 4.69) is 17.8 Å². The van der Waals surface area contributed by atoms with Crippen LogP contribution in [0.25, 0.3) is 0 Å². The van der Waals surface area contributed by atoms with Crippen LogP contribution in [-0.2, 0) is 17.6 Å². The minimum absolute atomic E-state index is 0.0154. The van der Waals surface area contributed by atoms with Gasteiger partial charge < -0.3 is 0 Å². The van der Waals surface area contributed by atoms with Crippen molar-refractivity contribution in [3.8, 4) is 0 Å². The van der Waals surface area contributed by atoms with Crippen LogP contribution in [0.4, 0.5) is 4.39 Å². The molecule has 1 aromatic carbocycles. The second kappa shape index (κ2) is 8.43. The number of halogens is 1. The zero-order chi connectivity index (χ0) is 19.4. The molecule has 27 heavy (non-hydrogen) atoms. The van der Waals surface area contributed by atoms with Gasteiger partial charge in [-0.3, -0.25) is 25.2 Å². The van der Waals surface area contributed by atoms with Crippen molar-refractivity contribution in [2.24, 2.45) is 5.92 Å². The number of carbonyl (C=O) groups is 3. The average molecular weight is 388 g/mol. The van der Waals surface area contributed by atoms with E-state index in [1.165, 1.54) is 46.0 Å². The molecule has 0 radical (unpaired) electrons. The van der Waals surface area contributed by atoms with Crippen LogP contribution in [0.1, 0.15) is 56.7 Å². The van der Waals surface area contributed by atoms with Crippen LogP contribution in [0, 0.1) is 11.7 Å². The van der Waals surface area contributed by atoms with Gasteiger partial charge in [0, 0.05) is 23.3 Å². The quantitative estimate of drug-likeness (QED) is 0.609. The van der Waals surface area contributed by atoms with E-state index in [1.54, 1.807) is 0 Å². The largest absolute Gasteiger partial charge is 0.294 e. The third-order valence-corrected chi connectivity index (χ3v) is 5.85. The number of fused-ring (bicyclic) bond motifs is 1. The van der Waals surface area contributed by atoms with Crippen molar-refractivity contribution in [1.82, 2.24) is 10.9 Å². The number of carbonyl (C=O) groups excluding carboxylic acids is 3. The van der Waals surface area contributed by atoms with Crippen molar-refractivity contribution in [3.63, 3.8) is 0 Å². The molecule has 1 aromatic heterocycles. The monoisotopic (exact) mass is 388 g/mol. The Bertz CT molecular complexity index is 861. The lowest BCUT2D eigenvalue weighted by Crippen LogP contribution is -2.41. The molecule has 0 bridgehead atoms. The minimum atomic E-state index is -0.450. The van der Waals surface area contributed by atoms with E-state index < -0.39 is 11.7 Å². The van der Waals surface area contributed by atoms with E-state index >= 15 is 0 Å². The standard InChI is InChI=1S/C20H21FN2O3S/c1-12-2-8-17-14(10-12)11-18(27-17)20(26)23-22-19(25)9-7-16(24)13-3-5-15(21)6-4-13/h3-6,11-12H,2,7-10H2,1H3,(H,22,25)(H,23,26)/t12-/m1/s1. The van der Waals surface area contributed by atoms with Crippen molar-refractivity contribution in [3.05, 3.63) is 57.0 Å². The Labute approximate surface area is 160 Å². The molecule has 0 saturated heterocycles. The maximum absolute atomic E-state index is 12.9. The number of hydrazine groups is 1. The Morgan fingerprint density at radius 1 is 1.15 bits per heavy atom. The zero-order valence-corrected chi connectivity index (χ0v) is 15.8. The van der Waals surface area contributed by atoms with Crippen molar-refractivity contribution in [2.75, 3.05) is 0 Å². The lowest BCUT2D eigenvalue weighted by Gasteiger charge is -2.16. The topological polar surface area (TPSA) is 75.3 Å². The molecular formula is C20H21FN2O3S. The number of Topliss-reactive ketones (excluding diaryl/α,β-unsaturated/α-hetero) is 1. The molecule has 0 aliphatic heterocycles. The first-order chi connectivity index (χ1) is 12.9. The highest BCUT2D eigenvalue weighted by atomic mass is 32.1. The first kappa shape index (κ1) is 19.2. The number of benzene rings is 1. The number of aryl methyl sites for hydroxylation is 1. The minimum Gasteiger partial charge on any atom is -0.294 e. The Hall–Kier alpha value is -2.54. The fourth-order valence-corrected chi connectivity index (χ4v) is 4.18. The summed E-state index contributed by atoms with van der Waals surface area (Å²) in [5.41, 5.74) is 6.32. The molecule has 1 aliphatic carbocycles. The lowest BCUT2D eigenvalue weighted by atomic mass is 9.90. The number of hydrogen-bond acceptors (Lipinski definition) is 4. The Balaban J connectivity index is 1.45. The second-order valence-electron chi connectivity index (χ2n) is 6.84. The first-order valence-corrected chi connectivity index (χ1v) is 9.73. The van der Waals surface area contributed by atoms with Gasteiger partial charge in [0.1, 0.15) is 5.82 Å². The van der Waals surface area contributed by atoms with E-state index in [-0.39, 0.29) is 24.5 Å². The lowest BCUT2D eigenvalue weighted by molar-refractivity contribution is -0.121. The van der Waals surface area contributed by atoms with Crippen molar-refractivity contribution >= 4 is 28.9 Å². The summed E-state index contributed by atoms with van der Waals surface area (Å²) in [5, 5.41) is 0. The van der Waals surface area contributed by atoms with Gasteiger partial charge in [0.15, 0.2) is 5.78 Å². The van der Waals surface area contributed by atoms with Crippen LogP contribution < -0.4 is 10.9 Å². The third-order valence-electron chi connectivity index (χ3n) is 4.61. The molecule has 0 saturated carbocycles. The van der Waals surface area contributed by atoms with Gasteiger partial charge in [0.25, 0.3) is 5.91 Å². The fraction of sp³-hybridized carbons (Fsp3) is 0.350. The SMILES string of the molecule is C[C@@H]1CCc2sc(C(=O)NNC(=O)CCC(=O)c3ccc(F)cc3)cc2C1. The third kappa shape index (κ3) is 5.01. The summed E-state index contributed by atoms with van der Waals surface area (Å²) in [5.74, 6) is -0.844. The number of thiophene rings is 1. The van der Waals surface area contributed by atoms with Crippen LogP contribution in [0.2, 0.25) is 0 Å². The molecule has 1 aliphatic rings. The number of amides is 2. The summed E-state index contributed by atoms with van der Waals surface area (Å²) in [6.45, 7) is 2.20. The molecule has 2 N–H and O–H groups in total. The van der Waals surface area contributed by atoms with Gasteiger partial charge in [0.2, 0.25) is 5.91 Å². The van der Waals surface area contributed by atoms with Crippen LogP contribution >= 0.6 is 11.3 Å². The Morgan fingerprint density at radius 2 is 1.89 bits per heavy atom. The van der Waals surface area contributed by atoms with Gasteiger partial charge in [-0.05, 0) is 61.1 Å². The van der Waals surface area contributed by atoms with Gasteiger partial charge in [0.05, 0.1) is 4.88 Å². The summed E-state index contributed by atoms with van der Waals surface area (Å²) in [4.78, 5) is 37.9. The van der Waals surface area contributed by atoms with E-state index in [4.69, 9.17) is 0 Å². The van der Waals surface area contributed by atoms with E-state index in [1.807, 2.05) is 6.07 Å². The zero-order valence-electron chi connectivity index (χ0n) is 15.0. The van der Waals surface area contributed by atoms with E-state index in [0.717, 1.165) is 19.3 Å². The van der Waals surface area contributed by atoms with Crippen LogP contribution in [0.5, 0.6) is 0 Å². The number of rotatable bonds is 5. The fourth-order valence-electron chi connectivity index (χ4n) is 3.08. The average Bonchev–Trinajstić information content (AvgIpc) is 3.08. The predicted molar refractivity (Wildman–Crippen MR) is 101 cm³/mol. The maximum Gasteiger partial charge on any atom is 0.279 e. The number of hydrogen-bond donors (Lipinski definition) is 2. The molecule has 7 heteroatoms. The van der Waals surface area contributed by atoms with Gasteiger partial charge in [-0.15, -0.1) is 11.3 Å². The molecule has 0 unspecified atom stereocenters. The molecule has 1 heterocycles.